The Labute approximate surface area is 121 Å². The predicted molar refractivity (Wildman–Crippen MR) is 72.5 cm³/mol. The molecule has 0 bridgehead atoms. The first-order valence-electron chi connectivity index (χ1n) is 7.03. The molecule has 0 saturated carbocycles. The van der Waals surface area contributed by atoms with Crippen LogP contribution in [0, 0.1) is 0 Å². The Morgan fingerprint density at radius 2 is 1.71 bits per heavy atom. The van der Waals surface area contributed by atoms with Crippen LogP contribution in [0.3, 0.4) is 0 Å². The van der Waals surface area contributed by atoms with E-state index in [-0.39, 0.29) is 30.9 Å². The molecule has 2 aliphatic heterocycles. The molecule has 0 aliphatic carbocycles. The quantitative estimate of drug-likeness (QED) is 0.793. The Balaban J connectivity index is 1.64. The van der Waals surface area contributed by atoms with Crippen molar-refractivity contribution in [3.05, 3.63) is 35.4 Å². The molecule has 3 rings (SSSR count). The van der Waals surface area contributed by atoms with Crippen LogP contribution in [0.15, 0.2) is 24.3 Å². The highest BCUT2D eigenvalue weighted by Crippen LogP contribution is 2.25. The maximum absolute atomic E-state index is 12.2. The summed E-state index contributed by atoms with van der Waals surface area (Å²) in [5, 5.41) is 19.1. The van der Waals surface area contributed by atoms with Crippen LogP contribution in [-0.2, 0) is 4.74 Å². The number of aliphatic hydroxyl groups excluding tert-OH is 2. The molecule has 1 aromatic carbocycles. The first kappa shape index (κ1) is 14.2. The number of imide groups is 1. The first-order valence-corrected chi connectivity index (χ1v) is 7.03. The number of carbonyl (C=O) groups is 2. The number of hydrogen-bond donors (Lipinski definition) is 2. The summed E-state index contributed by atoms with van der Waals surface area (Å²) in [5.74, 6) is -0.597. The fourth-order valence-electron chi connectivity index (χ4n) is 2.87. The Kier molecular flexibility index (Phi) is 3.75. The second kappa shape index (κ2) is 5.55. The summed E-state index contributed by atoms with van der Waals surface area (Å²) in [6.45, 7) is 0.219. The van der Waals surface area contributed by atoms with E-state index in [1.165, 1.54) is 4.90 Å². The molecule has 2 amide bonds. The lowest BCUT2D eigenvalue weighted by atomic mass is 10.0. The monoisotopic (exact) mass is 291 g/mol. The van der Waals surface area contributed by atoms with Gasteiger partial charge >= 0.3 is 0 Å². The highest BCUT2D eigenvalue weighted by Gasteiger charge is 2.36. The van der Waals surface area contributed by atoms with Gasteiger partial charge in [-0.3, -0.25) is 14.5 Å². The number of benzene rings is 1. The summed E-state index contributed by atoms with van der Waals surface area (Å²) < 4.78 is 5.31. The molecule has 1 fully saturated rings. The molecule has 0 radical (unpaired) electrons. The van der Waals surface area contributed by atoms with E-state index in [0.29, 0.717) is 24.0 Å². The van der Waals surface area contributed by atoms with Gasteiger partial charge in [-0.1, -0.05) is 12.1 Å². The van der Waals surface area contributed by atoms with E-state index in [0.717, 1.165) is 0 Å². The summed E-state index contributed by atoms with van der Waals surface area (Å²) in [6.07, 6.45) is -0.946. The van der Waals surface area contributed by atoms with Crippen molar-refractivity contribution in [1.82, 2.24) is 4.90 Å². The third-order valence-electron chi connectivity index (χ3n) is 3.91. The van der Waals surface area contributed by atoms with Gasteiger partial charge in [0.25, 0.3) is 11.8 Å². The van der Waals surface area contributed by atoms with Crippen molar-refractivity contribution in [3.63, 3.8) is 0 Å². The van der Waals surface area contributed by atoms with Gasteiger partial charge in [0.05, 0.1) is 23.3 Å². The first-order chi connectivity index (χ1) is 10.1. The molecule has 1 saturated heterocycles. The molecule has 2 aliphatic rings. The maximum Gasteiger partial charge on any atom is 0.261 e. The molecule has 6 nitrogen and oxygen atoms in total. The lowest BCUT2D eigenvalue weighted by Crippen LogP contribution is -2.39. The zero-order valence-corrected chi connectivity index (χ0v) is 11.4. The second-order valence-corrected chi connectivity index (χ2v) is 5.43. The number of amides is 2. The Morgan fingerprint density at radius 3 is 2.29 bits per heavy atom. The van der Waals surface area contributed by atoms with Crippen LogP contribution >= 0.6 is 0 Å². The fourth-order valence-corrected chi connectivity index (χ4v) is 2.87. The Morgan fingerprint density at radius 1 is 1.10 bits per heavy atom. The Bertz CT molecular complexity index is 528. The summed E-state index contributed by atoms with van der Waals surface area (Å²) >= 11 is 0. The molecule has 2 N–H and O–H groups in total. The van der Waals surface area contributed by atoms with E-state index >= 15 is 0 Å². The Hall–Kier alpha value is -1.76. The summed E-state index contributed by atoms with van der Waals surface area (Å²) in [5.41, 5.74) is 0.847. The zero-order valence-electron chi connectivity index (χ0n) is 11.4. The summed E-state index contributed by atoms with van der Waals surface area (Å²) in [6, 6.07) is 6.73. The van der Waals surface area contributed by atoms with Gasteiger partial charge in [0.1, 0.15) is 0 Å². The number of ether oxygens (including phenoxy) is 1. The highest BCUT2D eigenvalue weighted by molar-refractivity contribution is 6.21. The number of hydrogen-bond acceptors (Lipinski definition) is 5. The zero-order chi connectivity index (χ0) is 15.0. The van der Waals surface area contributed by atoms with Gasteiger partial charge in [-0.05, 0) is 25.0 Å². The van der Waals surface area contributed by atoms with Crippen molar-refractivity contribution in [2.24, 2.45) is 0 Å². The number of rotatable bonds is 3. The smallest absolute Gasteiger partial charge is 0.261 e. The van der Waals surface area contributed by atoms with Crippen molar-refractivity contribution in [1.29, 1.82) is 0 Å². The van der Waals surface area contributed by atoms with E-state index in [1.54, 1.807) is 24.3 Å². The minimum atomic E-state index is -0.985. The number of aliphatic hydroxyl groups is 2. The van der Waals surface area contributed by atoms with Gasteiger partial charge < -0.3 is 14.9 Å². The fraction of sp³-hybridized carbons (Fsp3) is 0.467. The highest BCUT2D eigenvalue weighted by atomic mass is 16.6. The van der Waals surface area contributed by atoms with Gasteiger partial charge in [0, 0.05) is 13.0 Å². The van der Waals surface area contributed by atoms with Crippen molar-refractivity contribution in [2.45, 2.75) is 37.8 Å². The summed E-state index contributed by atoms with van der Waals surface area (Å²) in [4.78, 5) is 25.5. The predicted octanol–water partition coefficient (Wildman–Crippen LogP) is 0.531. The van der Waals surface area contributed by atoms with Crippen molar-refractivity contribution in [3.8, 4) is 0 Å². The normalized spacial score (nSPS) is 28.9. The molecule has 112 valence electrons. The third kappa shape index (κ3) is 2.70. The molecule has 0 unspecified atom stereocenters. The standard InChI is InChI=1S/C15H17NO5/c17-9-7-10(21-13(18)8-9)5-6-16-14(19)11-3-1-2-4-12(11)15(16)20/h1-4,9-10,13,17-18H,5-8H2/t9-,10+,13-/m0/s1. The number of carbonyl (C=O) groups excluding carboxylic acids is 2. The topological polar surface area (TPSA) is 87.1 Å². The summed E-state index contributed by atoms with van der Waals surface area (Å²) in [7, 11) is 0. The van der Waals surface area contributed by atoms with Crippen molar-refractivity contribution in [2.75, 3.05) is 6.54 Å². The molecule has 6 heteroatoms. The molecule has 0 aromatic heterocycles. The minimum absolute atomic E-state index is 0.198. The van der Waals surface area contributed by atoms with Crippen LogP contribution < -0.4 is 0 Å². The molecule has 2 heterocycles. The third-order valence-corrected chi connectivity index (χ3v) is 3.91. The van der Waals surface area contributed by atoms with Gasteiger partial charge in [-0.15, -0.1) is 0 Å². The van der Waals surface area contributed by atoms with Gasteiger partial charge in [0.2, 0.25) is 0 Å². The molecular formula is C15H17NO5. The van der Waals surface area contributed by atoms with Crippen LogP contribution in [0.4, 0.5) is 0 Å². The van der Waals surface area contributed by atoms with Crippen molar-refractivity contribution < 1.29 is 24.5 Å². The van der Waals surface area contributed by atoms with Gasteiger partial charge in [-0.25, -0.2) is 0 Å². The number of nitrogens with zero attached hydrogens (tertiary/aromatic N) is 1. The van der Waals surface area contributed by atoms with E-state index < -0.39 is 12.4 Å². The molecule has 21 heavy (non-hydrogen) atoms. The maximum atomic E-state index is 12.2. The van der Waals surface area contributed by atoms with Crippen LogP contribution in [0.25, 0.3) is 0 Å². The van der Waals surface area contributed by atoms with Crippen LogP contribution in [-0.4, -0.2) is 52.0 Å². The minimum Gasteiger partial charge on any atom is -0.393 e. The van der Waals surface area contributed by atoms with E-state index in [4.69, 9.17) is 4.74 Å². The number of fused-ring (bicyclic) bond motifs is 1. The van der Waals surface area contributed by atoms with Crippen molar-refractivity contribution >= 4 is 11.8 Å². The largest absolute Gasteiger partial charge is 0.393 e. The lowest BCUT2D eigenvalue weighted by molar-refractivity contribution is -0.190. The molecular weight excluding hydrogens is 274 g/mol. The van der Waals surface area contributed by atoms with Crippen LogP contribution in [0.5, 0.6) is 0 Å². The molecule has 0 spiro atoms. The van der Waals surface area contributed by atoms with Crippen LogP contribution in [0.1, 0.15) is 40.0 Å². The van der Waals surface area contributed by atoms with E-state index in [9.17, 15) is 19.8 Å². The van der Waals surface area contributed by atoms with Gasteiger partial charge in [-0.2, -0.15) is 0 Å². The lowest BCUT2D eigenvalue weighted by Gasteiger charge is -2.31. The van der Waals surface area contributed by atoms with E-state index in [2.05, 4.69) is 0 Å². The second-order valence-electron chi connectivity index (χ2n) is 5.43. The molecule has 1 aromatic rings. The average Bonchev–Trinajstić information content (AvgIpc) is 2.69. The van der Waals surface area contributed by atoms with E-state index in [1.807, 2.05) is 0 Å². The SMILES string of the molecule is O=C1c2ccccc2C(=O)N1CC[C@@H]1C[C@H](O)C[C@@H](O)O1. The van der Waals surface area contributed by atoms with Gasteiger partial charge in [0.15, 0.2) is 6.29 Å². The van der Waals surface area contributed by atoms with Crippen LogP contribution in [0.2, 0.25) is 0 Å². The molecule has 3 atom stereocenters. The average molecular weight is 291 g/mol.